The first-order chi connectivity index (χ1) is 13.6. The topological polar surface area (TPSA) is 98.4 Å². The molecule has 8 heteroatoms. The van der Waals surface area contributed by atoms with Crippen LogP contribution in [0.25, 0.3) is 11.1 Å². The van der Waals surface area contributed by atoms with E-state index in [0.29, 0.717) is 18.8 Å². The maximum absolute atomic E-state index is 12.3. The van der Waals surface area contributed by atoms with Gasteiger partial charge in [0.2, 0.25) is 0 Å². The van der Waals surface area contributed by atoms with Gasteiger partial charge in [0.05, 0.1) is 11.9 Å². The van der Waals surface area contributed by atoms with E-state index in [2.05, 4.69) is 15.0 Å². The number of carbonyl (C=O) groups excluding carboxylic acids is 2. The lowest BCUT2D eigenvalue weighted by atomic mass is 9.97. The van der Waals surface area contributed by atoms with E-state index in [1.54, 1.807) is 11.8 Å². The van der Waals surface area contributed by atoms with Crippen LogP contribution in [-0.4, -0.2) is 51.4 Å². The van der Waals surface area contributed by atoms with Gasteiger partial charge in [0.25, 0.3) is 5.91 Å². The number of esters is 1. The summed E-state index contributed by atoms with van der Waals surface area (Å²) in [7, 11) is 0. The summed E-state index contributed by atoms with van der Waals surface area (Å²) in [5.41, 5.74) is 2.42. The molecule has 0 N–H and O–H groups in total. The highest BCUT2D eigenvalue weighted by atomic mass is 16.5. The number of hydrogen-bond donors (Lipinski definition) is 0. The van der Waals surface area contributed by atoms with E-state index in [4.69, 9.17) is 9.15 Å². The van der Waals surface area contributed by atoms with Crippen LogP contribution in [0.2, 0.25) is 0 Å². The van der Waals surface area contributed by atoms with Gasteiger partial charge in [-0.25, -0.2) is 14.8 Å². The third-order valence-electron chi connectivity index (χ3n) is 4.82. The van der Waals surface area contributed by atoms with Gasteiger partial charge in [-0.05, 0) is 31.9 Å². The molecule has 1 fully saturated rings. The molecular formula is C20H20N4O4. The Bertz CT molecular complexity index is 958. The van der Waals surface area contributed by atoms with Crippen LogP contribution in [0.4, 0.5) is 0 Å². The van der Waals surface area contributed by atoms with Gasteiger partial charge in [-0.1, -0.05) is 12.1 Å². The predicted molar refractivity (Wildman–Crippen MR) is 99.6 cm³/mol. The molecule has 3 heterocycles. The molecule has 4 rings (SSSR count). The fourth-order valence-corrected chi connectivity index (χ4v) is 3.23. The number of hydrogen-bond acceptors (Lipinski definition) is 7. The highest BCUT2D eigenvalue weighted by Crippen LogP contribution is 2.29. The van der Waals surface area contributed by atoms with Crippen LogP contribution >= 0.6 is 0 Å². The number of fused-ring (bicyclic) bond motifs is 1. The molecule has 0 spiro atoms. The van der Waals surface area contributed by atoms with E-state index >= 15 is 0 Å². The maximum atomic E-state index is 12.3. The fourth-order valence-electron chi connectivity index (χ4n) is 3.23. The van der Waals surface area contributed by atoms with Crippen LogP contribution in [0.1, 0.15) is 40.8 Å². The predicted octanol–water partition coefficient (Wildman–Crippen LogP) is 2.49. The number of aryl methyl sites for hydroxylation is 1. The molecule has 1 amide bonds. The van der Waals surface area contributed by atoms with Crippen molar-refractivity contribution in [3.05, 3.63) is 53.9 Å². The average molecular weight is 380 g/mol. The number of likely N-dealkylation sites (tertiary alicyclic amines) is 1. The SMILES string of the molecule is Cc1cnc(C(=O)OCC(=O)N2CCC(c3nc4ccccc4o3)CC2)cn1. The van der Waals surface area contributed by atoms with Crippen LogP contribution < -0.4 is 0 Å². The quantitative estimate of drug-likeness (QED) is 0.641. The number of oxazole rings is 1. The summed E-state index contributed by atoms with van der Waals surface area (Å²) in [6.45, 7) is 2.62. The second kappa shape index (κ2) is 7.75. The van der Waals surface area contributed by atoms with Crippen LogP contribution in [0.3, 0.4) is 0 Å². The van der Waals surface area contributed by atoms with Crippen molar-refractivity contribution >= 4 is 23.0 Å². The Morgan fingerprint density at radius 1 is 1.18 bits per heavy atom. The molecule has 1 aliphatic rings. The molecule has 0 aliphatic carbocycles. The monoisotopic (exact) mass is 380 g/mol. The molecule has 0 bridgehead atoms. The van der Waals surface area contributed by atoms with Gasteiger partial charge >= 0.3 is 5.97 Å². The second-order valence-electron chi connectivity index (χ2n) is 6.79. The lowest BCUT2D eigenvalue weighted by Gasteiger charge is -2.30. The molecule has 0 saturated carbocycles. The molecule has 1 saturated heterocycles. The summed E-state index contributed by atoms with van der Waals surface area (Å²) in [6.07, 6.45) is 4.34. The zero-order valence-corrected chi connectivity index (χ0v) is 15.5. The Hall–Kier alpha value is -3.29. The molecule has 0 atom stereocenters. The van der Waals surface area contributed by atoms with E-state index in [9.17, 15) is 9.59 Å². The number of benzene rings is 1. The van der Waals surface area contributed by atoms with Crippen LogP contribution in [0, 0.1) is 6.92 Å². The van der Waals surface area contributed by atoms with Crippen molar-refractivity contribution in [1.29, 1.82) is 0 Å². The highest BCUT2D eigenvalue weighted by Gasteiger charge is 2.27. The van der Waals surface area contributed by atoms with Crippen molar-refractivity contribution in [2.24, 2.45) is 0 Å². The van der Waals surface area contributed by atoms with Gasteiger partial charge in [0.1, 0.15) is 5.52 Å². The first-order valence-electron chi connectivity index (χ1n) is 9.19. The lowest BCUT2D eigenvalue weighted by molar-refractivity contribution is -0.135. The standard InChI is InChI=1S/C20H20N4O4/c1-13-10-22-16(11-21-13)20(26)27-12-18(25)24-8-6-14(7-9-24)19-23-15-4-2-3-5-17(15)28-19/h2-5,10-11,14H,6-9,12H2,1H3. The van der Waals surface area contributed by atoms with Gasteiger partial charge in [-0.3, -0.25) is 9.78 Å². The number of piperidine rings is 1. The second-order valence-corrected chi connectivity index (χ2v) is 6.79. The van der Waals surface area contributed by atoms with Gasteiger partial charge in [-0.2, -0.15) is 0 Å². The normalized spacial score (nSPS) is 15.0. The molecule has 1 aliphatic heterocycles. The molecule has 1 aromatic carbocycles. The smallest absolute Gasteiger partial charge is 0.359 e. The van der Waals surface area contributed by atoms with Crippen LogP contribution in [-0.2, 0) is 9.53 Å². The van der Waals surface area contributed by atoms with E-state index in [1.165, 1.54) is 12.4 Å². The summed E-state index contributed by atoms with van der Waals surface area (Å²) in [6, 6.07) is 7.67. The molecular weight excluding hydrogens is 360 g/mol. The Morgan fingerprint density at radius 2 is 1.96 bits per heavy atom. The molecule has 3 aromatic rings. The molecule has 2 aromatic heterocycles. The molecule has 28 heavy (non-hydrogen) atoms. The van der Waals surface area contributed by atoms with Crippen molar-refractivity contribution in [2.75, 3.05) is 19.7 Å². The number of carbonyl (C=O) groups is 2. The summed E-state index contributed by atoms with van der Waals surface area (Å²) in [5, 5.41) is 0. The number of ether oxygens (including phenoxy) is 1. The summed E-state index contributed by atoms with van der Waals surface area (Å²) in [4.78, 5) is 38.5. The molecule has 8 nitrogen and oxygen atoms in total. The number of para-hydroxylation sites is 2. The first-order valence-corrected chi connectivity index (χ1v) is 9.19. The minimum Gasteiger partial charge on any atom is -0.451 e. The fraction of sp³-hybridized carbons (Fsp3) is 0.350. The van der Waals surface area contributed by atoms with Crippen LogP contribution in [0.5, 0.6) is 0 Å². The number of aromatic nitrogens is 3. The zero-order chi connectivity index (χ0) is 19.5. The molecule has 144 valence electrons. The number of rotatable bonds is 4. The Labute approximate surface area is 161 Å². The van der Waals surface area contributed by atoms with Crippen molar-refractivity contribution in [2.45, 2.75) is 25.7 Å². The Kier molecular flexibility index (Phi) is 5.01. The number of nitrogens with zero attached hydrogens (tertiary/aromatic N) is 4. The molecule has 0 radical (unpaired) electrons. The third kappa shape index (κ3) is 3.85. The van der Waals surface area contributed by atoms with E-state index < -0.39 is 5.97 Å². The minimum atomic E-state index is -0.651. The van der Waals surface area contributed by atoms with Gasteiger partial charge in [0.15, 0.2) is 23.8 Å². The van der Waals surface area contributed by atoms with Gasteiger partial charge in [0, 0.05) is 25.2 Å². The van der Waals surface area contributed by atoms with E-state index in [0.717, 1.165) is 29.8 Å². The largest absolute Gasteiger partial charge is 0.451 e. The van der Waals surface area contributed by atoms with E-state index in [-0.39, 0.29) is 24.1 Å². The summed E-state index contributed by atoms with van der Waals surface area (Å²) < 4.78 is 10.9. The van der Waals surface area contributed by atoms with Crippen molar-refractivity contribution in [1.82, 2.24) is 19.9 Å². The average Bonchev–Trinajstić information content (AvgIpc) is 3.16. The minimum absolute atomic E-state index is 0.0908. The first kappa shape index (κ1) is 18.1. The van der Waals surface area contributed by atoms with Crippen molar-refractivity contribution in [3.8, 4) is 0 Å². The van der Waals surface area contributed by atoms with Gasteiger partial charge in [-0.15, -0.1) is 0 Å². The summed E-state index contributed by atoms with van der Waals surface area (Å²) in [5.74, 6) is 0.0335. The third-order valence-corrected chi connectivity index (χ3v) is 4.82. The van der Waals surface area contributed by atoms with Gasteiger partial charge < -0.3 is 14.1 Å². The Morgan fingerprint density at radius 3 is 2.68 bits per heavy atom. The van der Waals surface area contributed by atoms with E-state index in [1.807, 2.05) is 24.3 Å². The molecule has 0 unspecified atom stereocenters. The van der Waals surface area contributed by atoms with Crippen LogP contribution in [0.15, 0.2) is 41.1 Å². The zero-order valence-electron chi connectivity index (χ0n) is 15.5. The Balaban J connectivity index is 1.29. The lowest BCUT2D eigenvalue weighted by Crippen LogP contribution is -2.40. The number of amides is 1. The maximum Gasteiger partial charge on any atom is 0.359 e. The highest BCUT2D eigenvalue weighted by molar-refractivity contribution is 5.89. The van der Waals surface area contributed by atoms with Crippen molar-refractivity contribution < 1.29 is 18.7 Å². The van der Waals surface area contributed by atoms with Crippen molar-refractivity contribution in [3.63, 3.8) is 0 Å². The summed E-state index contributed by atoms with van der Waals surface area (Å²) >= 11 is 0.